The predicted octanol–water partition coefficient (Wildman–Crippen LogP) is 5.13. The molecule has 32 heavy (non-hydrogen) atoms. The molecule has 4 rings (SSSR count). The molecule has 0 unspecified atom stereocenters. The van der Waals surface area contributed by atoms with Crippen molar-refractivity contribution in [3.05, 3.63) is 88.4 Å². The van der Waals surface area contributed by atoms with Crippen LogP contribution >= 0.6 is 11.6 Å². The molecule has 1 heterocycles. The van der Waals surface area contributed by atoms with Crippen molar-refractivity contribution in [1.29, 1.82) is 0 Å². The zero-order valence-corrected chi connectivity index (χ0v) is 19.7. The van der Waals surface area contributed by atoms with E-state index in [0.29, 0.717) is 17.3 Å². The summed E-state index contributed by atoms with van der Waals surface area (Å²) in [6, 6.07) is 19.2. The number of benzene rings is 3. The molecule has 3 aromatic carbocycles. The van der Waals surface area contributed by atoms with Gasteiger partial charge in [0, 0.05) is 17.3 Å². The van der Waals surface area contributed by atoms with E-state index in [9.17, 15) is 13.2 Å². The molecule has 0 N–H and O–H groups in total. The lowest BCUT2D eigenvalue weighted by Gasteiger charge is -2.32. The molecule has 1 amide bonds. The predicted molar refractivity (Wildman–Crippen MR) is 129 cm³/mol. The summed E-state index contributed by atoms with van der Waals surface area (Å²) in [6.07, 6.45) is 1.75. The lowest BCUT2D eigenvalue weighted by Crippen LogP contribution is -2.45. The van der Waals surface area contributed by atoms with Crippen LogP contribution in [-0.4, -0.2) is 27.4 Å². The van der Waals surface area contributed by atoms with Crippen LogP contribution < -0.4 is 9.21 Å². The fourth-order valence-electron chi connectivity index (χ4n) is 3.93. The lowest BCUT2D eigenvalue weighted by atomic mass is 10.0. The molecule has 166 valence electrons. The van der Waals surface area contributed by atoms with Crippen LogP contribution in [0.5, 0.6) is 0 Å². The van der Waals surface area contributed by atoms with Gasteiger partial charge < -0.3 is 4.90 Å². The maximum Gasteiger partial charge on any atom is 0.264 e. The number of carbonyl (C=O) groups excluding carboxylic acids is 1. The summed E-state index contributed by atoms with van der Waals surface area (Å²) in [6.45, 7) is 4.17. The van der Waals surface area contributed by atoms with Crippen LogP contribution in [0.25, 0.3) is 0 Å². The van der Waals surface area contributed by atoms with Crippen molar-refractivity contribution in [3.8, 4) is 0 Å². The number of halogens is 1. The molecule has 1 aliphatic heterocycles. The Morgan fingerprint density at radius 1 is 1.00 bits per heavy atom. The lowest BCUT2D eigenvalue weighted by molar-refractivity contribution is -0.117. The zero-order chi connectivity index (χ0) is 22.9. The third-order valence-electron chi connectivity index (χ3n) is 5.87. The second kappa shape index (κ2) is 8.96. The van der Waals surface area contributed by atoms with Gasteiger partial charge in [-0.05, 0) is 85.8 Å². The second-order valence-electron chi connectivity index (χ2n) is 8.01. The molecule has 0 fully saturated rings. The first-order chi connectivity index (χ1) is 15.3. The number of anilines is 2. The summed E-state index contributed by atoms with van der Waals surface area (Å²) < 4.78 is 28.4. The van der Waals surface area contributed by atoms with Crippen molar-refractivity contribution in [2.24, 2.45) is 0 Å². The number of aryl methyl sites for hydroxylation is 3. The summed E-state index contributed by atoms with van der Waals surface area (Å²) in [5, 5.41) is 0.447. The van der Waals surface area contributed by atoms with E-state index in [1.54, 1.807) is 17.0 Å². The molecule has 0 bridgehead atoms. The van der Waals surface area contributed by atoms with Crippen LogP contribution in [0.3, 0.4) is 0 Å². The molecule has 1 aliphatic rings. The Balaban J connectivity index is 1.74. The molecule has 0 saturated heterocycles. The average molecular weight is 469 g/mol. The fraction of sp³-hybridized carbons (Fsp3) is 0.240. The first-order valence-electron chi connectivity index (χ1n) is 10.5. The van der Waals surface area contributed by atoms with Crippen molar-refractivity contribution in [3.63, 3.8) is 0 Å². The standard InChI is InChI=1S/C25H25ClN2O3S/c1-18-9-12-22(16-19(18)2)28(32(30,31)23-13-10-21(26)11-14-23)17-25(29)27-15-5-7-20-6-3-4-8-24(20)27/h3-4,6,8-14,16H,5,7,15,17H2,1-2H3. The van der Waals surface area contributed by atoms with Gasteiger partial charge in [0.2, 0.25) is 5.91 Å². The van der Waals surface area contributed by atoms with E-state index < -0.39 is 10.0 Å². The summed E-state index contributed by atoms with van der Waals surface area (Å²) in [5.74, 6) is -0.257. The monoisotopic (exact) mass is 468 g/mol. The number of carbonyl (C=O) groups is 1. The average Bonchev–Trinajstić information content (AvgIpc) is 2.79. The Bertz CT molecular complexity index is 1260. The number of hydrogen-bond acceptors (Lipinski definition) is 3. The van der Waals surface area contributed by atoms with Gasteiger partial charge in [0.25, 0.3) is 10.0 Å². The number of para-hydroxylation sites is 1. The fourth-order valence-corrected chi connectivity index (χ4v) is 5.46. The molecule has 3 aromatic rings. The van der Waals surface area contributed by atoms with E-state index >= 15 is 0 Å². The highest BCUT2D eigenvalue weighted by molar-refractivity contribution is 7.92. The largest absolute Gasteiger partial charge is 0.311 e. The van der Waals surface area contributed by atoms with Gasteiger partial charge in [0.1, 0.15) is 6.54 Å². The van der Waals surface area contributed by atoms with E-state index in [0.717, 1.165) is 35.2 Å². The maximum absolute atomic E-state index is 13.6. The minimum Gasteiger partial charge on any atom is -0.311 e. The number of fused-ring (bicyclic) bond motifs is 1. The number of amides is 1. The van der Waals surface area contributed by atoms with Crippen molar-refractivity contribution >= 4 is 38.9 Å². The molecular formula is C25H25ClN2O3S. The molecule has 5 nitrogen and oxygen atoms in total. The van der Waals surface area contributed by atoms with Crippen molar-refractivity contribution in [1.82, 2.24) is 0 Å². The first kappa shape index (κ1) is 22.4. The molecule has 0 spiro atoms. The Labute approximate surface area is 194 Å². The van der Waals surface area contributed by atoms with Gasteiger partial charge in [-0.15, -0.1) is 0 Å². The van der Waals surface area contributed by atoms with Crippen molar-refractivity contribution < 1.29 is 13.2 Å². The van der Waals surface area contributed by atoms with Crippen LogP contribution in [0.2, 0.25) is 5.02 Å². The summed E-state index contributed by atoms with van der Waals surface area (Å²) in [4.78, 5) is 15.2. The number of rotatable bonds is 5. The number of sulfonamides is 1. The van der Waals surface area contributed by atoms with Gasteiger partial charge in [-0.25, -0.2) is 8.42 Å². The SMILES string of the molecule is Cc1ccc(N(CC(=O)N2CCCc3ccccc32)S(=O)(=O)c2ccc(Cl)cc2)cc1C. The normalized spacial score (nSPS) is 13.5. The van der Waals surface area contributed by atoms with Crippen molar-refractivity contribution in [2.45, 2.75) is 31.6 Å². The topological polar surface area (TPSA) is 57.7 Å². The quantitative estimate of drug-likeness (QED) is 0.521. The van der Waals surface area contributed by atoms with Crippen LogP contribution in [0.1, 0.15) is 23.1 Å². The van der Waals surface area contributed by atoms with E-state index in [1.165, 1.54) is 28.6 Å². The maximum atomic E-state index is 13.6. The highest BCUT2D eigenvalue weighted by Crippen LogP contribution is 2.30. The van der Waals surface area contributed by atoms with Crippen molar-refractivity contribution in [2.75, 3.05) is 22.3 Å². The molecular weight excluding hydrogens is 444 g/mol. The Hall–Kier alpha value is -2.83. The van der Waals surface area contributed by atoms with Gasteiger partial charge in [-0.1, -0.05) is 35.9 Å². The summed E-state index contributed by atoms with van der Waals surface area (Å²) in [5.41, 5.74) is 4.42. The molecule has 0 aromatic heterocycles. The van der Waals surface area contributed by atoms with Gasteiger partial charge in [0.15, 0.2) is 0 Å². The smallest absolute Gasteiger partial charge is 0.264 e. The number of hydrogen-bond donors (Lipinski definition) is 0. The van der Waals surface area contributed by atoms with Crippen LogP contribution in [0, 0.1) is 13.8 Å². The summed E-state index contributed by atoms with van der Waals surface area (Å²) in [7, 11) is -3.98. The molecule has 0 radical (unpaired) electrons. The second-order valence-corrected chi connectivity index (χ2v) is 10.3. The highest BCUT2D eigenvalue weighted by Gasteiger charge is 2.31. The van der Waals surface area contributed by atoms with E-state index in [-0.39, 0.29) is 17.3 Å². The first-order valence-corrected chi connectivity index (χ1v) is 12.3. The third-order valence-corrected chi connectivity index (χ3v) is 7.91. The van der Waals surface area contributed by atoms with Crippen LogP contribution in [0.4, 0.5) is 11.4 Å². The van der Waals surface area contributed by atoms with Gasteiger partial charge in [0.05, 0.1) is 10.6 Å². The zero-order valence-electron chi connectivity index (χ0n) is 18.1. The number of nitrogens with zero attached hydrogens (tertiary/aromatic N) is 2. The highest BCUT2D eigenvalue weighted by atomic mass is 35.5. The third kappa shape index (κ3) is 4.38. The van der Waals surface area contributed by atoms with E-state index in [1.807, 2.05) is 44.2 Å². The molecule has 7 heteroatoms. The van der Waals surface area contributed by atoms with Crippen LogP contribution in [0.15, 0.2) is 71.6 Å². The Morgan fingerprint density at radius 3 is 2.44 bits per heavy atom. The van der Waals surface area contributed by atoms with E-state index in [2.05, 4.69) is 0 Å². The Morgan fingerprint density at radius 2 is 1.72 bits per heavy atom. The molecule has 0 aliphatic carbocycles. The van der Waals surface area contributed by atoms with Gasteiger partial charge >= 0.3 is 0 Å². The minimum absolute atomic E-state index is 0.0898. The van der Waals surface area contributed by atoms with Crippen LogP contribution in [-0.2, 0) is 21.2 Å². The Kier molecular flexibility index (Phi) is 6.26. The summed E-state index contributed by atoms with van der Waals surface area (Å²) >= 11 is 5.96. The molecule has 0 atom stereocenters. The minimum atomic E-state index is -3.98. The van der Waals surface area contributed by atoms with Gasteiger partial charge in [-0.2, -0.15) is 0 Å². The van der Waals surface area contributed by atoms with E-state index in [4.69, 9.17) is 11.6 Å². The molecule has 0 saturated carbocycles. The van der Waals surface area contributed by atoms with Gasteiger partial charge in [-0.3, -0.25) is 9.10 Å².